The minimum Gasteiger partial charge on any atom is -0.326 e. The number of nitrogens with two attached hydrogens (primary N) is 1. The molecule has 2 N–H and O–H groups in total. The van der Waals surface area contributed by atoms with Crippen molar-refractivity contribution in [2.24, 2.45) is 5.73 Å². The maximum atomic E-state index is 6.34. The van der Waals surface area contributed by atoms with E-state index in [-0.39, 0.29) is 0 Å². The molecule has 2 atom stereocenters. The molecule has 0 bridgehead atoms. The first-order valence-corrected chi connectivity index (χ1v) is 6.79. The van der Waals surface area contributed by atoms with E-state index in [0.717, 1.165) is 6.54 Å². The Morgan fingerprint density at radius 3 is 2.69 bits per heavy atom. The van der Waals surface area contributed by atoms with Gasteiger partial charge >= 0.3 is 0 Å². The molecule has 1 fully saturated rings. The van der Waals surface area contributed by atoms with Gasteiger partial charge < -0.3 is 15.5 Å². The highest BCUT2D eigenvalue weighted by molar-refractivity contribution is 4.85. The highest BCUT2D eigenvalue weighted by Gasteiger charge is 2.25. The summed E-state index contributed by atoms with van der Waals surface area (Å²) in [6.07, 6.45) is 6.33. The average Bonchev–Trinajstić information content (AvgIpc) is 2.41. The van der Waals surface area contributed by atoms with E-state index in [1.165, 1.54) is 45.2 Å². The molecule has 0 aromatic carbocycles. The normalized spacial score (nSPS) is 26.6. The standard InChI is InChI=1S/C13H29N3/c1-4-5-6-8-12(14)13-11-15(2)9-7-10-16(13)3/h12-13H,4-11,14H2,1-3H3. The molecule has 0 amide bonds. The molecule has 3 heteroatoms. The van der Waals surface area contributed by atoms with E-state index < -0.39 is 0 Å². The number of likely N-dealkylation sites (N-methyl/N-ethyl adjacent to an activating group) is 2. The molecule has 0 spiro atoms. The minimum atomic E-state index is 0.345. The molecule has 2 unspecified atom stereocenters. The van der Waals surface area contributed by atoms with Crippen LogP contribution in [0.2, 0.25) is 0 Å². The van der Waals surface area contributed by atoms with Crippen LogP contribution in [0.25, 0.3) is 0 Å². The van der Waals surface area contributed by atoms with Gasteiger partial charge in [0.1, 0.15) is 0 Å². The number of rotatable bonds is 5. The van der Waals surface area contributed by atoms with Crippen molar-refractivity contribution < 1.29 is 0 Å². The molecule has 1 aliphatic rings. The van der Waals surface area contributed by atoms with Gasteiger partial charge in [0.05, 0.1) is 0 Å². The first kappa shape index (κ1) is 13.9. The van der Waals surface area contributed by atoms with Crippen LogP contribution >= 0.6 is 0 Å². The molecule has 1 rings (SSSR count). The van der Waals surface area contributed by atoms with Crippen LogP contribution in [0.4, 0.5) is 0 Å². The predicted octanol–water partition coefficient (Wildman–Crippen LogP) is 1.53. The summed E-state index contributed by atoms with van der Waals surface area (Å²) >= 11 is 0. The van der Waals surface area contributed by atoms with Crippen LogP contribution in [0.1, 0.15) is 39.0 Å². The van der Waals surface area contributed by atoms with E-state index in [9.17, 15) is 0 Å². The summed E-state index contributed by atoms with van der Waals surface area (Å²) < 4.78 is 0. The monoisotopic (exact) mass is 227 g/mol. The number of hydrogen-bond acceptors (Lipinski definition) is 3. The minimum absolute atomic E-state index is 0.345. The van der Waals surface area contributed by atoms with Crippen LogP contribution in [0.3, 0.4) is 0 Å². The lowest BCUT2D eigenvalue weighted by molar-refractivity contribution is 0.189. The van der Waals surface area contributed by atoms with Gasteiger partial charge in [-0.15, -0.1) is 0 Å². The molecule has 1 heterocycles. The third-order valence-electron chi connectivity index (χ3n) is 3.75. The van der Waals surface area contributed by atoms with E-state index in [2.05, 4.69) is 30.8 Å². The lowest BCUT2D eigenvalue weighted by Crippen LogP contribution is -2.50. The smallest absolute Gasteiger partial charge is 0.0371 e. The topological polar surface area (TPSA) is 32.5 Å². The van der Waals surface area contributed by atoms with Crippen molar-refractivity contribution in [1.82, 2.24) is 9.80 Å². The van der Waals surface area contributed by atoms with Gasteiger partial charge in [-0.3, -0.25) is 0 Å². The second-order valence-electron chi connectivity index (χ2n) is 5.32. The summed E-state index contributed by atoms with van der Waals surface area (Å²) in [6.45, 7) is 5.78. The van der Waals surface area contributed by atoms with Crippen molar-refractivity contribution in [3.05, 3.63) is 0 Å². The molecule has 0 saturated carbocycles. The quantitative estimate of drug-likeness (QED) is 0.723. The molecule has 96 valence electrons. The van der Waals surface area contributed by atoms with Crippen LogP contribution in [0.15, 0.2) is 0 Å². The molecule has 1 saturated heterocycles. The van der Waals surface area contributed by atoms with Gasteiger partial charge in [0, 0.05) is 18.6 Å². The highest BCUT2D eigenvalue weighted by Crippen LogP contribution is 2.13. The van der Waals surface area contributed by atoms with E-state index in [1.807, 2.05) is 0 Å². The predicted molar refractivity (Wildman–Crippen MR) is 70.6 cm³/mol. The van der Waals surface area contributed by atoms with E-state index in [0.29, 0.717) is 12.1 Å². The molecule has 0 aromatic heterocycles. The van der Waals surface area contributed by atoms with Crippen molar-refractivity contribution >= 4 is 0 Å². The van der Waals surface area contributed by atoms with Gasteiger partial charge in [-0.2, -0.15) is 0 Å². The van der Waals surface area contributed by atoms with Crippen molar-refractivity contribution in [2.75, 3.05) is 33.7 Å². The van der Waals surface area contributed by atoms with Crippen molar-refractivity contribution in [3.63, 3.8) is 0 Å². The van der Waals surface area contributed by atoms with Crippen LogP contribution < -0.4 is 5.73 Å². The third-order valence-corrected chi connectivity index (χ3v) is 3.75. The zero-order chi connectivity index (χ0) is 12.0. The Kier molecular flexibility index (Phi) is 6.32. The molecule has 0 aromatic rings. The summed E-state index contributed by atoms with van der Waals surface area (Å²) in [5.41, 5.74) is 6.34. The van der Waals surface area contributed by atoms with E-state index in [4.69, 9.17) is 5.73 Å². The fraction of sp³-hybridized carbons (Fsp3) is 1.00. The number of unbranched alkanes of at least 4 members (excludes halogenated alkanes) is 2. The molecular formula is C13H29N3. The van der Waals surface area contributed by atoms with Crippen LogP contribution in [0, 0.1) is 0 Å². The van der Waals surface area contributed by atoms with Crippen LogP contribution in [0.5, 0.6) is 0 Å². The van der Waals surface area contributed by atoms with Crippen LogP contribution in [-0.4, -0.2) is 55.6 Å². The van der Waals surface area contributed by atoms with Gasteiger partial charge in [-0.25, -0.2) is 0 Å². The SMILES string of the molecule is CCCCCC(N)C1CN(C)CCCN1C. The van der Waals surface area contributed by atoms with Gasteiger partial charge in [0.2, 0.25) is 0 Å². The summed E-state index contributed by atoms with van der Waals surface area (Å²) in [5.74, 6) is 0. The number of hydrogen-bond donors (Lipinski definition) is 1. The Balaban J connectivity index is 2.40. The van der Waals surface area contributed by atoms with Crippen molar-refractivity contribution in [1.29, 1.82) is 0 Å². The van der Waals surface area contributed by atoms with E-state index >= 15 is 0 Å². The first-order chi connectivity index (χ1) is 7.65. The molecule has 3 nitrogen and oxygen atoms in total. The van der Waals surface area contributed by atoms with Gasteiger partial charge in [-0.1, -0.05) is 26.2 Å². The maximum Gasteiger partial charge on any atom is 0.0371 e. The summed E-state index contributed by atoms with van der Waals surface area (Å²) in [7, 11) is 4.44. The van der Waals surface area contributed by atoms with Crippen molar-refractivity contribution in [2.45, 2.75) is 51.1 Å². The van der Waals surface area contributed by atoms with Gasteiger partial charge in [0.15, 0.2) is 0 Å². The molecule has 0 radical (unpaired) electrons. The van der Waals surface area contributed by atoms with Gasteiger partial charge in [-0.05, 0) is 40.0 Å². The second-order valence-corrected chi connectivity index (χ2v) is 5.32. The summed E-state index contributed by atoms with van der Waals surface area (Å²) in [5, 5.41) is 0. The lowest BCUT2D eigenvalue weighted by Gasteiger charge is -2.32. The Bertz CT molecular complexity index is 184. The molecule has 16 heavy (non-hydrogen) atoms. The van der Waals surface area contributed by atoms with Crippen LogP contribution in [-0.2, 0) is 0 Å². The molecular weight excluding hydrogens is 198 g/mol. The molecule has 1 aliphatic heterocycles. The maximum absolute atomic E-state index is 6.34. The fourth-order valence-corrected chi connectivity index (χ4v) is 2.59. The van der Waals surface area contributed by atoms with E-state index in [1.54, 1.807) is 0 Å². The fourth-order valence-electron chi connectivity index (χ4n) is 2.59. The average molecular weight is 227 g/mol. The zero-order valence-corrected chi connectivity index (χ0v) is 11.3. The molecule has 0 aliphatic carbocycles. The first-order valence-electron chi connectivity index (χ1n) is 6.79. The summed E-state index contributed by atoms with van der Waals surface area (Å²) in [6, 6.07) is 0.890. The Labute approximate surface area is 101 Å². The zero-order valence-electron chi connectivity index (χ0n) is 11.3. The Morgan fingerprint density at radius 1 is 1.25 bits per heavy atom. The van der Waals surface area contributed by atoms with Crippen molar-refractivity contribution in [3.8, 4) is 0 Å². The second kappa shape index (κ2) is 7.25. The highest BCUT2D eigenvalue weighted by atomic mass is 15.2. The van der Waals surface area contributed by atoms with Gasteiger partial charge in [0.25, 0.3) is 0 Å². The summed E-state index contributed by atoms with van der Waals surface area (Å²) in [4.78, 5) is 4.88. The Morgan fingerprint density at radius 2 is 2.00 bits per heavy atom. The Hall–Kier alpha value is -0.120. The third kappa shape index (κ3) is 4.40. The largest absolute Gasteiger partial charge is 0.326 e. The lowest BCUT2D eigenvalue weighted by atomic mass is 10.0. The number of nitrogens with zero attached hydrogens (tertiary/aromatic N) is 2.